The van der Waals surface area contributed by atoms with Gasteiger partial charge in [-0.15, -0.1) is 5.43 Å². The van der Waals surface area contributed by atoms with Crippen molar-refractivity contribution in [3.05, 3.63) is 35.9 Å². The summed E-state index contributed by atoms with van der Waals surface area (Å²) in [6.07, 6.45) is 0. The molecule has 1 aromatic rings. The van der Waals surface area contributed by atoms with Crippen molar-refractivity contribution in [3.8, 4) is 12.1 Å². The van der Waals surface area contributed by atoms with E-state index in [1.807, 2.05) is 36.4 Å². The van der Waals surface area contributed by atoms with Crippen molar-refractivity contribution in [3.63, 3.8) is 0 Å². The fraction of sp³-hybridized carbons (Fsp3) is 0.333. The number of nitriles is 2. The highest BCUT2D eigenvalue weighted by Gasteiger charge is 2.20. The molecule has 0 spiro atoms. The molecule has 0 saturated carbocycles. The van der Waals surface area contributed by atoms with Crippen molar-refractivity contribution in [1.29, 1.82) is 10.5 Å². The van der Waals surface area contributed by atoms with Gasteiger partial charge in [0.25, 0.3) is 0 Å². The molecule has 81 valence electrons. The van der Waals surface area contributed by atoms with E-state index in [9.17, 15) is 0 Å². The Balaban J connectivity index is 2.66. The SMILES string of the molecule is CC(C)(C#N)[N]NC(C#N)c1ccccc1. The molecule has 0 aliphatic carbocycles. The highest BCUT2D eigenvalue weighted by molar-refractivity contribution is 5.23. The Labute approximate surface area is 95.5 Å². The summed E-state index contributed by atoms with van der Waals surface area (Å²) in [4.78, 5) is 0. The molecule has 0 bridgehead atoms. The van der Waals surface area contributed by atoms with Crippen molar-refractivity contribution in [2.24, 2.45) is 0 Å². The smallest absolute Gasteiger partial charge is 0.135 e. The van der Waals surface area contributed by atoms with Gasteiger partial charge in [-0.25, -0.2) is 5.43 Å². The van der Waals surface area contributed by atoms with Crippen LogP contribution in [0.3, 0.4) is 0 Å². The molecule has 0 aliphatic rings. The van der Waals surface area contributed by atoms with E-state index in [-0.39, 0.29) is 0 Å². The third-order valence-corrected chi connectivity index (χ3v) is 2.01. The van der Waals surface area contributed by atoms with E-state index in [1.54, 1.807) is 13.8 Å². The van der Waals surface area contributed by atoms with Crippen LogP contribution in [0, 0.1) is 22.7 Å². The third-order valence-electron chi connectivity index (χ3n) is 2.01. The molecular formula is C12H13N4. The van der Waals surface area contributed by atoms with Crippen molar-refractivity contribution in [1.82, 2.24) is 10.9 Å². The predicted octanol–water partition coefficient (Wildman–Crippen LogP) is 1.66. The Morgan fingerprint density at radius 1 is 1.25 bits per heavy atom. The molecule has 1 radical (unpaired) electrons. The quantitative estimate of drug-likeness (QED) is 0.773. The van der Waals surface area contributed by atoms with Gasteiger partial charge in [0.15, 0.2) is 0 Å². The summed E-state index contributed by atoms with van der Waals surface area (Å²) in [5, 5.41) is 17.8. The highest BCUT2D eigenvalue weighted by atomic mass is 15.4. The fourth-order valence-corrected chi connectivity index (χ4v) is 1.07. The Morgan fingerprint density at radius 3 is 2.38 bits per heavy atom. The minimum atomic E-state index is -0.829. The van der Waals surface area contributed by atoms with E-state index in [4.69, 9.17) is 10.5 Å². The monoisotopic (exact) mass is 213 g/mol. The Hall–Kier alpha value is -1.88. The molecule has 16 heavy (non-hydrogen) atoms. The number of nitrogens with zero attached hydrogens (tertiary/aromatic N) is 3. The minimum absolute atomic E-state index is 0.520. The van der Waals surface area contributed by atoms with E-state index >= 15 is 0 Å². The Morgan fingerprint density at radius 2 is 1.88 bits per heavy atom. The van der Waals surface area contributed by atoms with Crippen LogP contribution in [0.2, 0.25) is 0 Å². The molecule has 0 fully saturated rings. The summed E-state index contributed by atoms with van der Waals surface area (Å²) >= 11 is 0. The van der Waals surface area contributed by atoms with E-state index in [2.05, 4.69) is 16.9 Å². The van der Waals surface area contributed by atoms with Crippen molar-refractivity contribution in [2.45, 2.75) is 25.4 Å². The second-order valence-corrected chi connectivity index (χ2v) is 3.88. The molecule has 0 saturated heterocycles. The van der Waals surface area contributed by atoms with Gasteiger partial charge in [0, 0.05) is 0 Å². The number of benzene rings is 1. The zero-order valence-electron chi connectivity index (χ0n) is 9.31. The van der Waals surface area contributed by atoms with Crippen LogP contribution in [0.1, 0.15) is 25.5 Å². The summed E-state index contributed by atoms with van der Waals surface area (Å²) in [5.41, 5.74) is 6.71. The first kappa shape index (κ1) is 12.2. The van der Waals surface area contributed by atoms with Gasteiger partial charge in [0.2, 0.25) is 0 Å². The van der Waals surface area contributed by atoms with Gasteiger partial charge in [-0.2, -0.15) is 10.5 Å². The molecular weight excluding hydrogens is 200 g/mol. The van der Waals surface area contributed by atoms with Gasteiger partial charge in [-0.1, -0.05) is 30.3 Å². The van der Waals surface area contributed by atoms with Crippen molar-refractivity contribution < 1.29 is 0 Å². The number of nitrogens with one attached hydrogen (secondary N) is 1. The predicted molar refractivity (Wildman–Crippen MR) is 59.8 cm³/mol. The van der Waals surface area contributed by atoms with Crippen LogP contribution in [-0.2, 0) is 0 Å². The fourth-order valence-electron chi connectivity index (χ4n) is 1.07. The molecule has 1 atom stereocenters. The molecule has 4 heteroatoms. The van der Waals surface area contributed by atoms with E-state index in [0.717, 1.165) is 5.56 Å². The molecule has 1 unspecified atom stereocenters. The van der Waals surface area contributed by atoms with Crippen LogP contribution in [0.15, 0.2) is 30.3 Å². The second-order valence-electron chi connectivity index (χ2n) is 3.88. The largest absolute Gasteiger partial charge is 0.217 e. The number of hydrogen-bond acceptors (Lipinski definition) is 3. The first-order valence-electron chi connectivity index (χ1n) is 4.92. The Kier molecular flexibility index (Phi) is 4.02. The average Bonchev–Trinajstić information content (AvgIpc) is 2.31. The van der Waals surface area contributed by atoms with Crippen molar-refractivity contribution in [2.75, 3.05) is 0 Å². The molecule has 1 rings (SSSR count). The molecule has 0 heterocycles. The summed E-state index contributed by atoms with van der Waals surface area (Å²) in [6, 6.07) is 12.9. The minimum Gasteiger partial charge on any atom is -0.217 e. The van der Waals surface area contributed by atoms with E-state index in [1.165, 1.54) is 0 Å². The first-order chi connectivity index (χ1) is 7.59. The standard InChI is InChI=1S/C12H13N4/c1-12(2,9-14)16-15-11(8-13)10-6-4-3-5-7-10/h3-7,11,15H,1-2H3. The lowest BCUT2D eigenvalue weighted by molar-refractivity contribution is 0.371. The maximum absolute atomic E-state index is 8.99. The molecule has 0 aromatic heterocycles. The zero-order chi connectivity index (χ0) is 12.0. The second kappa shape index (κ2) is 5.27. The number of rotatable bonds is 4. The molecule has 4 nitrogen and oxygen atoms in total. The van der Waals surface area contributed by atoms with E-state index < -0.39 is 11.6 Å². The summed E-state index contributed by atoms with van der Waals surface area (Å²) in [7, 11) is 0. The number of hydrogen-bond donors (Lipinski definition) is 1. The van der Waals surface area contributed by atoms with Crippen LogP contribution in [-0.4, -0.2) is 5.54 Å². The first-order valence-corrected chi connectivity index (χ1v) is 4.92. The van der Waals surface area contributed by atoms with Crippen LogP contribution in [0.4, 0.5) is 0 Å². The lowest BCUT2D eigenvalue weighted by atomic mass is 10.1. The van der Waals surface area contributed by atoms with Gasteiger partial charge in [-0.05, 0) is 19.4 Å². The maximum Gasteiger partial charge on any atom is 0.135 e. The molecule has 1 N–H and O–H groups in total. The summed E-state index contributed by atoms with van der Waals surface area (Å²) < 4.78 is 0. The molecule has 1 aromatic carbocycles. The van der Waals surface area contributed by atoms with Gasteiger partial charge in [0.1, 0.15) is 11.6 Å². The van der Waals surface area contributed by atoms with Gasteiger partial charge >= 0.3 is 0 Å². The maximum atomic E-state index is 8.99. The van der Waals surface area contributed by atoms with Crippen LogP contribution in [0.25, 0.3) is 0 Å². The topological polar surface area (TPSA) is 73.7 Å². The zero-order valence-corrected chi connectivity index (χ0v) is 9.31. The summed E-state index contributed by atoms with van der Waals surface area (Å²) in [6.45, 7) is 3.36. The van der Waals surface area contributed by atoms with Crippen LogP contribution in [0.5, 0.6) is 0 Å². The molecule has 0 aliphatic heterocycles. The van der Waals surface area contributed by atoms with Crippen LogP contribution >= 0.6 is 0 Å². The van der Waals surface area contributed by atoms with Gasteiger partial charge in [-0.3, -0.25) is 0 Å². The van der Waals surface area contributed by atoms with Crippen LogP contribution < -0.4 is 10.9 Å². The lowest BCUT2D eigenvalue weighted by Gasteiger charge is -2.18. The summed E-state index contributed by atoms with van der Waals surface area (Å²) in [5.74, 6) is 0. The van der Waals surface area contributed by atoms with Gasteiger partial charge in [0.05, 0.1) is 12.1 Å². The van der Waals surface area contributed by atoms with E-state index in [0.29, 0.717) is 0 Å². The van der Waals surface area contributed by atoms with Gasteiger partial charge < -0.3 is 0 Å². The Bertz CT molecular complexity index is 411. The highest BCUT2D eigenvalue weighted by Crippen LogP contribution is 2.11. The van der Waals surface area contributed by atoms with Crippen molar-refractivity contribution >= 4 is 0 Å². The molecule has 0 amide bonds. The lowest BCUT2D eigenvalue weighted by Crippen LogP contribution is -2.42. The normalized spacial score (nSPS) is 12.5. The average molecular weight is 213 g/mol. The third kappa shape index (κ3) is 3.36.